The molecule has 2 rings (SSSR count). The number of benzene rings is 2. The van der Waals surface area contributed by atoms with E-state index in [9.17, 15) is 9.59 Å². The van der Waals surface area contributed by atoms with Gasteiger partial charge in [0.1, 0.15) is 0 Å². The molecule has 0 saturated carbocycles. The summed E-state index contributed by atoms with van der Waals surface area (Å²) in [6.45, 7) is 3.72. The average molecular weight is 349 g/mol. The second-order valence-corrected chi connectivity index (χ2v) is 5.90. The first-order chi connectivity index (χ1) is 12.5. The lowest BCUT2D eigenvalue weighted by Crippen LogP contribution is -2.21. The van der Waals surface area contributed by atoms with Crippen LogP contribution in [0.3, 0.4) is 0 Å². The van der Waals surface area contributed by atoms with Gasteiger partial charge in [0.15, 0.2) is 0 Å². The van der Waals surface area contributed by atoms with E-state index in [-0.39, 0.29) is 24.7 Å². The molecular weight excluding hydrogens is 326 g/mol. The summed E-state index contributed by atoms with van der Waals surface area (Å²) < 4.78 is 0. The summed E-state index contributed by atoms with van der Waals surface area (Å²) in [7, 11) is 0. The highest BCUT2D eigenvalue weighted by Gasteiger charge is 2.07. The van der Waals surface area contributed by atoms with E-state index in [0.29, 0.717) is 5.71 Å². The number of anilines is 1. The number of hydrogen-bond donors (Lipinski definition) is 2. The van der Waals surface area contributed by atoms with Gasteiger partial charge in [-0.05, 0) is 37.1 Å². The topological polar surface area (TPSA) is 70.6 Å². The number of carbonyl (C=O) groups is 2. The predicted octanol–water partition coefficient (Wildman–Crippen LogP) is 3.92. The number of hydrogen-bond acceptors (Lipinski definition) is 3. The van der Waals surface area contributed by atoms with Crippen molar-refractivity contribution in [3.8, 4) is 0 Å². The zero-order chi connectivity index (χ0) is 18.8. The number of nitrogens with zero attached hydrogens (tertiary/aromatic N) is 1. The summed E-state index contributed by atoms with van der Waals surface area (Å²) in [5.74, 6) is -0.489. The van der Waals surface area contributed by atoms with Crippen LogP contribution in [0.5, 0.6) is 0 Å². The molecule has 5 nitrogen and oxygen atoms in total. The van der Waals surface area contributed by atoms with E-state index in [2.05, 4.69) is 15.8 Å². The Hall–Kier alpha value is -3.21. The maximum Gasteiger partial charge on any atom is 0.240 e. The summed E-state index contributed by atoms with van der Waals surface area (Å²) >= 11 is 0. The maximum atomic E-state index is 11.9. The van der Waals surface area contributed by atoms with Crippen LogP contribution >= 0.6 is 0 Å². The van der Waals surface area contributed by atoms with Crippen LogP contribution in [0.2, 0.25) is 0 Å². The van der Waals surface area contributed by atoms with Crippen molar-refractivity contribution in [3.63, 3.8) is 0 Å². The van der Waals surface area contributed by atoms with Crippen LogP contribution in [0.15, 0.2) is 65.8 Å². The van der Waals surface area contributed by atoms with Crippen LogP contribution in [0.4, 0.5) is 5.69 Å². The van der Waals surface area contributed by atoms with Crippen LogP contribution in [0.1, 0.15) is 30.9 Å². The number of aryl methyl sites for hydroxylation is 1. The lowest BCUT2D eigenvalue weighted by Gasteiger charge is -2.07. The number of nitrogens with one attached hydrogen (secondary N) is 2. The van der Waals surface area contributed by atoms with Gasteiger partial charge in [-0.15, -0.1) is 0 Å². The summed E-state index contributed by atoms with van der Waals surface area (Å²) in [6.07, 6.45) is 3.92. The molecule has 0 bridgehead atoms. The van der Waals surface area contributed by atoms with Crippen LogP contribution in [-0.4, -0.2) is 17.5 Å². The molecule has 0 saturated heterocycles. The largest absolute Gasteiger partial charge is 0.326 e. The molecule has 2 N–H and O–H groups in total. The van der Waals surface area contributed by atoms with Crippen molar-refractivity contribution < 1.29 is 9.59 Å². The van der Waals surface area contributed by atoms with Gasteiger partial charge >= 0.3 is 0 Å². The van der Waals surface area contributed by atoms with Crippen LogP contribution in [-0.2, 0) is 9.59 Å². The molecule has 0 aliphatic carbocycles. The third-order valence-electron chi connectivity index (χ3n) is 3.67. The molecule has 0 spiro atoms. The molecule has 26 heavy (non-hydrogen) atoms. The Balaban J connectivity index is 1.75. The Morgan fingerprint density at radius 1 is 0.962 bits per heavy atom. The van der Waals surface area contributed by atoms with E-state index in [0.717, 1.165) is 16.8 Å². The van der Waals surface area contributed by atoms with E-state index >= 15 is 0 Å². The molecule has 0 aliphatic rings. The highest BCUT2D eigenvalue weighted by Crippen LogP contribution is 2.13. The molecule has 0 atom stereocenters. The molecule has 0 aromatic heterocycles. The second-order valence-electron chi connectivity index (χ2n) is 5.90. The van der Waals surface area contributed by atoms with Crippen molar-refractivity contribution >= 4 is 29.3 Å². The molecule has 134 valence electrons. The Kier molecular flexibility index (Phi) is 7.31. The summed E-state index contributed by atoms with van der Waals surface area (Å²) in [5.41, 5.74) is 5.94. The fourth-order valence-electron chi connectivity index (χ4n) is 2.18. The van der Waals surface area contributed by atoms with Gasteiger partial charge < -0.3 is 5.32 Å². The SMILES string of the molecule is CC(/C=C/c1ccccc1)=NNC(=O)CCC(=O)Nc1ccccc1C. The lowest BCUT2D eigenvalue weighted by molar-refractivity contribution is -0.124. The Morgan fingerprint density at radius 2 is 1.62 bits per heavy atom. The van der Waals surface area contributed by atoms with Crippen LogP contribution in [0, 0.1) is 6.92 Å². The van der Waals surface area contributed by atoms with Gasteiger partial charge in [0, 0.05) is 18.5 Å². The maximum absolute atomic E-state index is 11.9. The Labute approximate surface area is 153 Å². The molecule has 5 heteroatoms. The molecule has 0 radical (unpaired) electrons. The number of para-hydroxylation sites is 1. The van der Waals surface area contributed by atoms with Gasteiger partial charge in [0.25, 0.3) is 0 Å². The zero-order valence-corrected chi connectivity index (χ0v) is 15.0. The lowest BCUT2D eigenvalue weighted by atomic mass is 10.2. The normalized spacial score (nSPS) is 11.4. The van der Waals surface area contributed by atoms with Crippen LogP contribution < -0.4 is 10.7 Å². The molecule has 0 heterocycles. The quantitative estimate of drug-likeness (QED) is 0.587. The highest BCUT2D eigenvalue weighted by atomic mass is 16.2. The van der Waals surface area contributed by atoms with Crippen molar-refractivity contribution in [2.24, 2.45) is 5.10 Å². The Morgan fingerprint density at radius 3 is 2.35 bits per heavy atom. The fourth-order valence-corrected chi connectivity index (χ4v) is 2.18. The number of hydrazone groups is 1. The average Bonchev–Trinajstić information content (AvgIpc) is 2.65. The van der Waals surface area contributed by atoms with E-state index in [1.807, 2.05) is 73.7 Å². The van der Waals surface area contributed by atoms with E-state index in [1.54, 1.807) is 6.92 Å². The minimum atomic E-state index is -0.294. The summed E-state index contributed by atoms with van der Waals surface area (Å²) in [4.78, 5) is 23.8. The Bertz CT molecular complexity index is 811. The third kappa shape index (κ3) is 6.73. The van der Waals surface area contributed by atoms with Gasteiger partial charge in [-0.25, -0.2) is 5.43 Å². The van der Waals surface area contributed by atoms with Crippen molar-refractivity contribution in [3.05, 3.63) is 71.8 Å². The van der Waals surface area contributed by atoms with Crippen LogP contribution in [0.25, 0.3) is 6.08 Å². The van der Waals surface area contributed by atoms with Gasteiger partial charge in [-0.3, -0.25) is 9.59 Å². The van der Waals surface area contributed by atoms with Gasteiger partial charge in [-0.2, -0.15) is 5.10 Å². The standard InChI is InChI=1S/C21H23N3O2/c1-16-8-6-7-11-19(16)22-20(25)14-15-21(26)24-23-17(2)12-13-18-9-4-3-5-10-18/h3-13H,14-15H2,1-2H3,(H,22,25)(H,24,26)/b13-12+,23-17?. The summed E-state index contributed by atoms with van der Waals surface area (Å²) in [5, 5.41) is 6.82. The summed E-state index contributed by atoms with van der Waals surface area (Å²) in [6, 6.07) is 17.3. The van der Waals surface area contributed by atoms with Crippen molar-refractivity contribution in [2.75, 3.05) is 5.32 Å². The monoisotopic (exact) mass is 349 g/mol. The minimum absolute atomic E-state index is 0.0803. The van der Waals surface area contributed by atoms with Crippen molar-refractivity contribution in [1.29, 1.82) is 0 Å². The predicted molar refractivity (Wildman–Crippen MR) is 106 cm³/mol. The van der Waals surface area contributed by atoms with Gasteiger partial charge in [0.2, 0.25) is 11.8 Å². The first-order valence-corrected chi connectivity index (χ1v) is 8.46. The number of carbonyl (C=O) groups excluding carboxylic acids is 2. The minimum Gasteiger partial charge on any atom is -0.326 e. The van der Waals surface area contributed by atoms with E-state index in [4.69, 9.17) is 0 Å². The third-order valence-corrected chi connectivity index (χ3v) is 3.67. The number of rotatable bonds is 7. The molecule has 2 amide bonds. The first kappa shape index (κ1) is 19.1. The first-order valence-electron chi connectivity index (χ1n) is 8.46. The fraction of sp³-hybridized carbons (Fsp3) is 0.190. The van der Waals surface area contributed by atoms with E-state index < -0.39 is 0 Å². The van der Waals surface area contributed by atoms with Crippen molar-refractivity contribution in [1.82, 2.24) is 5.43 Å². The highest BCUT2D eigenvalue weighted by molar-refractivity contribution is 5.97. The second kappa shape index (κ2) is 9.93. The molecule has 2 aromatic rings. The van der Waals surface area contributed by atoms with Gasteiger partial charge in [0.05, 0.1) is 5.71 Å². The molecule has 2 aromatic carbocycles. The molecule has 0 fully saturated rings. The van der Waals surface area contributed by atoms with E-state index in [1.165, 1.54) is 0 Å². The molecule has 0 unspecified atom stereocenters. The molecule has 0 aliphatic heterocycles. The molecular formula is C21H23N3O2. The van der Waals surface area contributed by atoms with Gasteiger partial charge in [-0.1, -0.05) is 54.6 Å². The van der Waals surface area contributed by atoms with Crippen molar-refractivity contribution in [2.45, 2.75) is 26.7 Å². The number of amides is 2. The zero-order valence-electron chi connectivity index (χ0n) is 15.0. The smallest absolute Gasteiger partial charge is 0.240 e. The number of allylic oxidation sites excluding steroid dienone is 1.